The minimum absolute atomic E-state index is 0.0846. The number of benzene rings is 2. The number of carbonyl (C=O) groups excluding carboxylic acids is 1. The van der Waals surface area contributed by atoms with Gasteiger partial charge in [0.15, 0.2) is 17.3 Å². The van der Waals surface area contributed by atoms with Gasteiger partial charge in [-0.05, 0) is 63.1 Å². The molecule has 0 radical (unpaired) electrons. The molecule has 1 aromatic heterocycles. The number of aromatic nitrogens is 1. The van der Waals surface area contributed by atoms with Gasteiger partial charge < -0.3 is 24.1 Å². The van der Waals surface area contributed by atoms with Crippen molar-refractivity contribution >= 4 is 17.8 Å². The summed E-state index contributed by atoms with van der Waals surface area (Å²) in [5.41, 5.74) is 2.79. The number of rotatable bonds is 10. The van der Waals surface area contributed by atoms with Gasteiger partial charge in [-0.2, -0.15) is 5.26 Å². The molecule has 0 aliphatic rings. The van der Waals surface area contributed by atoms with Crippen LogP contribution in [-0.2, 0) is 4.79 Å². The summed E-state index contributed by atoms with van der Waals surface area (Å²) in [6.07, 6.45) is 1.47. The molecule has 0 atom stereocenters. The first-order valence-corrected chi connectivity index (χ1v) is 10.9. The summed E-state index contributed by atoms with van der Waals surface area (Å²) in [5.74, 6) is 2.08. The molecular weight excluding hydrogens is 434 g/mol. The molecule has 0 aliphatic heterocycles. The summed E-state index contributed by atoms with van der Waals surface area (Å²) in [6, 6.07) is 14.7. The number of nitrogens with one attached hydrogen (secondary N) is 1. The van der Waals surface area contributed by atoms with Crippen LogP contribution in [0.1, 0.15) is 29.4 Å². The molecule has 34 heavy (non-hydrogen) atoms. The zero-order valence-electron chi connectivity index (χ0n) is 19.7. The third kappa shape index (κ3) is 6.62. The summed E-state index contributed by atoms with van der Waals surface area (Å²) in [4.78, 5) is 12.4. The van der Waals surface area contributed by atoms with E-state index < -0.39 is 5.91 Å². The number of nitriles is 1. The second kappa shape index (κ2) is 11.6. The van der Waals surface area contributed by atoms with Crippen LogP contribution in [0.2, 0.25) is 0 Å². The maximum atomic E-state index is 12.4. The summed E-state index contributed by atoms with van der Waals surface area (Å²) in [7, 11) is 0. The van der Waals surface area contributed by atoms with Gasteiger partial charge >= 0.3 is 0 Å². The molecule has 176 valence electrons. The topological polar surface area (TPSA) is 107 Å². The van der Waals surface area contributed by atoms with Crippen LogP contribution in [0.3, 0.4) is 0 Å². The Hall–Kier alpha value is -4.25. The van der Waals surface area contributed by atoms with Crippen LogP contribution in [0.25, 0.3) is 6.08 Å². The Kier molecular flexibility index (Phi) is 8.30. The normalized spacial score (nSPS) is 11.0. The maximum Gasteiger partial charge on any atom is 0.267 e. The smallest absolute Gasteiger partial charge is 0.267 e. The van der Waals surface area contributed by atoms with Crippen LogP contribution in [0.4, 0.5) is 5.82 Å². The van der Waals surface area contributed by atoms with E-state index in [1.54, 1.807) is 31.2 Å². The molecule has 0 unspecified atom stereocenters. The van der Waals surface area contributed by atoms with E-state index in [-0.39, 0.29) is 11.4 Å². The zero-order valence-corrected chi connectivity index (χ0v) is 19.7. The van der Waals surface area contributed by atoms with Crippen molar-refractivity contribution in [2.75, 3.05) is 25.1 Å². The summed E-state index contributed by atoms with van der Waals surface area (Å²) >= 11 is 0. The molecule has 0 aliphatic carbocycles. The highest BCUT2D eigenvalue weighted by molar-refractivity contribution is 6.09. The number of hydrogen-bond acceptors (Lipinski definition) is 7. The molecule has 1 amide bonds. The Morgan fingerprint density at radius 1 is 1.03 bits per heavy atom. The van der Waals surface area contributed by atoms with Crippen LogP contribution in [0.5, 0.6) is 17.2 Å². The average molecular weight is 462 g/mol. The summed E-state index contributed by atoms with van der Waals surface area (Å²) in [5, 5.41) is 15.7. The van der Waals surface area contributed by atoms with Crippen LogP contribution < -0.4 is 19.5 Å². The van der Waals surface area contributed by atoms with Gasteiger partial charge in [-0.3, -0.25) is 4.79 Å². The number of carbonyl (C=O) groups is 1. The number of anilines is 1. The average Bonchev–Trinajstić information content (AvgIpc) is 3.21. The van der Waals surface area contributed by atoms with Crippen LogP contribution in [-0.4, -0.2) is 30.9 Å². The molecule has 3 aromatic rings. The van der Waals surface area contributed by atoms with Gasteiger partial charge in [-0.1, -0.05) is 28.9 Å². The first-order chi connectivity index (χ1) is 16.4. The minimum Gasteiger partial charge on any atom is -0.490 e. The first-order valence-electron chi connectivity index (χ1n) is 10.9. The van der Waals surface area contributed by atoms with E-state index in [1.165, 1.54) is 11.6 Å². The minimum atomic E-state index is -0.586. The lowest BCUT2D eigenvalue weighted by atomic mass is 10.1. The number of amides is 1. The second-order valence-corrected chi connectivity index (χ2v) is 7.55. The van der Waals surface area contributed by atoms with E-state index in [1.807, 2.05) is 39.0 Å². The molecule has 3 rings (SSSR count). The van der Waals surface area contributed by atoms with Crippen molar-refractivity contribution in [2.45, 2.75) is 27.7 Å². The Bertz CT molecular complexity index is 1220. The quantitative estimate of drug-likeness (QED) is 0.257. The monoisotopic (exact) mass is 461 g/mol. The van der Waals surface area contributed by atoms with Crippen molar-refractivity contribution in [3.63, 3.8) is 0 Å². The van der Waals surface area contributed by atoms with Gasteiger partial charge in [-0.15, -0.1) is 0 Å². The second-order valence-electron chi connectivity index (χ2n) is 7.55. The van der Waals surface area contributed by atoms with Crippen molar-refractivity contribution < 1.29 is 23.5 Å². The van der Waals surface area contributed by atoms with Gasteiger partial charge in [0.1, 0.15) is 36.4 Å². The van der Waals surface area contributed by atoms with Crippen molar-refractivity contribution in [2.24, 2.45) is 0 Å². The van der Waals surface area contributed by atoms with E-state index in [9.17, 15) is 10.1 Å². The highest BCUT2D eigenvalue weighted by Gasteiger charge is 2.13. The molecule has 0 saturated heterocycles. The van der Waals surface area contributed by atoms with E-state index in [4.69, 9.17) is 18.7 Å². The van der Waals surface area contributed by atoms with Gasteiger partial charge in [0.25, 0.3) is 5.91 Å². The highest BCUT2D eigenvalue weighted by atomic mass is 16.5. The van der Waals surface area contributed by atoms with Crippen LogP contribution in [0, 0.1) is 32.1 Å². The van der Waals surface area contributed by atoms with E-state index in [0.29, 0.717) is 42.6 Å². The lowest BCUT2D eigenvalue weighted by Gasteiger charge is -2.14. The zero-order chi connectivity index (χ0) is 24.5. The molecule has 0 spiro atoms. The molecule has 1 heterocycles. The van der Waals surface area contributed by atoms with E-state index >= 15 is 0 Å². The Balaban J connectivity index is 1.66. The fourth-order valence-electron chi connectivity index (χ4n) is 3.19. The molecular formula is C26H27N3O5. The van der Waals surface area contributed by atoms with Crippen LogP contribution in [0.15, 0.2) is 52.6 Å². The number of aryl methyl sites for hydroxylation is 3. The third-order valence-corrected chi connectivity index (χ3v) is 4.74. The largest absolute Gasteiger partial charge is 0.490 e. The number of ether oxygens (including phenoxy) is 3. The predicted molar refractivity (Wildman–Crippen MR) is 128 cm³/mol. The third-order valence-electron chi connectivity index (χ3n) is 4.74. The van der Waals surface area contributed by atoms with Crippen molar-refractivity contribution in [3.8, 4) is 23.3 Å². The molecule has 2 aromatic carbocycles. The molecule has 1 N–H and O–H groups in total. The fraction of sp³-hybridized carbons (Fsp3) is 0.269. The molecule has 0 saturated carbocycles. The highest BCUT2D eigenvalue weighted by Crippen LogP contribution is 2.29. The Morgan fingerprint density at radius 3 is 2.41 bits per heavy atom. The van der Waals surface area contributed by atoms with Crippen molar-refractivity contribution in [1.82, 2.24) is 5.16 Å². The molecule has 0 bridgehead atoms. The summed E-state index contributed by atoms with van der Waals surface area (Å²) in [6.45, 7) is 8.74. The van der Waals surface area contributed by atoms with E-state index in [2.05, 4.69) is 16.5 Å². The summed E-state index contributed by atoms with van der Waals surface area (Å²) < 4.78 is 22.3. The number of hydrogen-bond donors (Lipinski definition) is 1. The first kappa shape index (κ1) is 24.4. The molecule has 0 fully saturated rings. The van der Waals surface area contributed by atoms with Gasteiger partial charge in [0.2, 0.25) is 0 Å². The van der Waals surface area contributed by atoms with E-state index in [0.717, 1.165) is 11.3 Å². The lowest BCUT2D eigenvalue weighted by molar-refractivity contribution is -0.112. The fourth-order valence-corrected chi connectivity index (χ4v) is 3.19. The van der Waals surface area contributed by atoms with Gasteiger partial charge in [0, 0.05) is 6.07 Å². The predicted octanol–water partition coefficient (Wildman–Crippen LogP) is 5.00. The standard InChI is InChI=1S/C26H27N3O5/c1-5-31-24-15-20(14-21(16-27)26(30)28-25-13-19(4)34-29-25)7-9-23(24)33-11-10-32-22-8-6-17(2)12-18(22)3/h6-9,12-15H,5,10-11H2,1-4H3,(H,28,29,30)/b21-14-. The Morgan fingerprint density at radius 2 is 1.76 bits per heavy atom. The van der Waals surface area contributed by atoms with Crippen LogP contribution >= 0.6 is 0 Å². The molecule has 8 heteroatoms. The lowest BCUT2D eigenvalue weighted by Crippen LogP contribution is -2.13. The van der Waals surface area contributed by atoms with Gasteiger partial charge in [-0.25, -0.2) is 0 Å². The number of nitrogens with zero attached hydrogens (tertiary/aromatic N) is 2. The van der Waals surface area contributed by atoms with Crippen molar-refractivity contribution in [3.05, 3.63) is 70.5 Å². The Labute approximate surface area is 198 Å². The SMILES string of the molecule is CCOc1cc(/C=C(/C#N)C(=O)Nc2cc(C)on2)ccc1OCCOc1ccc(C)cc1C. The maximum absolute atomic E-state index is 12.4. The van der Waals surface area contributed by atoms with Crippen molar-refractivity contribution in [1.29, 1.82) is 5.26 Å². The molecule has 8 nitrogen and oxygen atoms in total. The van der Waals surface area contributed by atoms with Gasteiger partial charge in [0.05, 0.1) is 6.61 Å².